The molecule has 0 aromatic carbocycles. The second kappa shape index (κ2) is 9.89. The van der Waals surface area contributed by atoms with Crippen LogP contribution in [0.1, 0.15) is 78.1 Å². The SMILES string of the molecule is CCCCCCCCCCCC(C)S(=O)(=O)O. The predicted octanol–water partition coefficient (Wildman–Crippen LogP) is 4.18. The van der Waals surface area contributed by atoms with Crippen molar-refractivity contribution in [1.29, 1.82) is 0 Å². The van der Waals surface area contributed by atoms with Gasteiger partial charge in [0.1, 0.15) is 0 Å². The summed E-state index contributed by atoms with van der Waals surface area (Å²) in [6.07, 6.45) is 11.6. The van der Waals surface area contributed by atoms with Crippen molar-refractivity contribution in [3.8, 4) is 0 Å². The molecule has 0 radical (unpaired) electrons. The van der Waals surface area contributed by atoms with Crippen LogP contribution in [0.3, 0.4) is 0 Å². The third-order valence-corrected chi connectivity index (χ3v) is 4.48. The Labute approximate surface area is 107 Å². The molecule has 0 rings (SSSR count). The summed E-state index contributed by atoms with van der Waals surface area (Å²) in [7, 11) is -3.81. The monoisotopic (exact) mass is 264 g/mol. The topological polar surface area (TPSA) is 54.4 Å². The fraction of sp³-hybridized carbons (Fsp3) is 1.00. The molecule has 0 aliphatic carbocycles. The van der Waals surface area contributed by atoms with Crippen molar-refractivity contribution in [2.24, 2.45) is 0 Å². The summed E-state index contributed by atoms with van der Waals surface area (Å²) in [6.45, 7) is 3.79. The van der Waals surface area contributed by atoms with Crippen LogP contribution in [0, 0.1) is 0 Å². The zero-order valence-corrected chi connectivity index (χ0v) is 12.1. The summed E-state index contributed by atoms with van der Waals surface area (Å²) >= 11 is 0. The van der Waals surface area contributed by atoms with Crippen molar-refractivity contribution < 1.29 is 13.0 Å². The second-order valence-corrected chi connectivity index (χ2v) is 6.78. The molecule has 0 fully saturated rings. The van der Waals surface area contributed by atoms with Crippen LogP contribution in [-0.4, -0.2) is 18.2 Å². The third kappa shape index (κ3) is 10.8. The molecule has 0 aliphatic heterocycles. The highest BCUT2D eigenvalue weighted by atomic mass is 32.2. The van der Waals surface area contributed by atoms with Gasteiger partial charge in [-0.15, -0.1) is 0 Å². The summed E-state index contributed by atoms with van der Waals surface area (Å²) in [5, 5.41) is -0.605. The van der Waals surface area contributed by atoms with E-state index in [1.165, 1.54) is 44.9 Å². The van der Waals surface area contributed by atoms with Crippen LogP contribution < -0.4 is 0 Å². The molecule has 0 spiro atoms. The Bertz CT molecular complexity index is 260. The highest BCUT2D eigenvalue weighted by Gasteiger charge is 2.15. The van der Waals surface area contributed by atoms with Gasteiger partial charge in [-0.25, -0.2) is 0 Å². The fourth-order valence-electron chi connectivity index (χ4n) is 1.89. The Morgan fingerprint density at radius 3 is 1.71 bits per heavy atom. The van der Waals surface area contributed by atoms with Gasteiger partial charge in [-0.3, -0.25) is 4.55 Å². The van der Waals surface area contributed by atoms with Crippen molar-refractivity contribution in [2.75, 3.05) is 0 Å². The summed E-state index contributed by atoms with van der Waals surface area (Å²) in [4.78, 5) is 0. The lowest BCUT2D eigenvalue weighted by atomic mass is 10.1. The van der Waals surface area contributed by atoms with Crippen molar-refractivity contribution in [2.45, 2.75) is 83.3 Å². The zero-order valence-electron chi connectivity index (χ0n) is 11.3. The maximum atomic E-state index is 10.8. The maximum Gasteiger partial charge on any atom is 0.267 e. The molecule has 1 atom stereocenters. The standard InChI is InChI=1S/C13H28O3S/c1-3-4-5-6-7-8-9-10-11-12-13(2)17(14,15)16/h13H,3-12H2,1-2H3,(H,14,15,16). The van der Waals surface area contributed by atoms with E-state index in [4.69, 9.17) is 4.55 Å². The molecular formula is C13H28O3S. The molecule has 0 aliphatic rings. The van der Waals surface area contributed by atoms with E-state index >= 15 is 0 Å². The molecular weight excluding hydrogens is 236 g/mol. The fourth-order valence-corrected chi connectivity index (χ4v) is 2.36. The van der Waals surface area contributed by atoms with Gasteiger partial charge >= 0.3 is 0 Å². The van der Waals surface area contributed by atoms with Crippen LogP contribution in [0.25, 0.3) is 0 Å². The van der Waals surface area contributed by atoms with Crippen molar-refractivity contribution in [1.82, 2.24) is 0 Å². The van der Waals surface area contributed by atoms with Gasteiger partial charge in [-0.2, -0.15) is 8.42 Å². The number of hydrogen-bond donors (Lipinski definition) is 1. The van der Waals surface area contributed by atoms with E-state index in [1.54, 1.807) is 6.92 Å². The lowest BCUT2D eigenvalue weighted by Gasteiger charge is -2.07. The van der Waals surface area contributed by atoms with E-state index in [1.807, 2.05) is 0 Å². The number of rotatable bonds is 11. The first-order valence-corrected chi connectivity index (χ1v) is 8.45. The molecule has 0 saturated carbocycles. The third-order valence-electron chi connectivity index (χ3n) is 3.22. The first-order valence-electron chi connectivity index (χ1n) is 6.94. The van der Waals surface area contributed by atoms with Crippen LogP contribution in [-0.2, 0) is 10.1 Å². The van der Waals surface area contributed by atoms with Gasteiger partial charge in [-0.1, -0.05) is 64.7 Å². The molecule has 0 heterocycles. The average molecular weight is 264 g/mol. The van der Waals surface area contributed by atoms with Gasteiger partial charge in [0.05, 0.1) is 5.25 Å². The Morgan fingerprint density at radius 2 is 1.29 bits per heavy atom. The molecule has 0 aromatic rings. The van der Waals surface area contributed by atoms with E-state index in [-0.39, 0.29) is 0 Å². The molecule has 104 valence electrons. The molecule has 17 heavy (non-hydrogen) atoms. The highest BCUT2D eigenvalue weighted by molar-refractivity contribution is 7.86. The average Bonchev–Trinajstić information content (AvgIpc) is 2.25. The highest BCUT2D eigenvalue weighted by Crippen LogP contribution is 2.13. The molecule has 0 aromatic heterocycles. The van der Waals surface area contributed by atoms with Crippen LogP contribution in [0.4, 0.5) is 0 Å². The minimum Gasteiger partial charge on any atom is -0.285 e. The summed E-state index contributed by atoms with van der Waals surface area (Å²) in [5.74, 6) is 0. The Hall–Kier alpha value is -0.0900. The van der Waals surface area contributed by atoms with Crippen LogP contribution in [0.15, 0.2) is 0 Å². The van der Waals surface area contributed by atoms with Gasteiger partial charge in [0.2, 0.25) is 0 Å². The van der Waals surface area contributed by atoms with E-state index in [9.17, 15) is 8.42 Å². The van der Waals surface area contributed by atoms with E-state index in [0.717, 1.165) is 12.8 Å². The van der Waals surface area contributed by atoms with Gasteiger partial charge in [0, 0.05) is 0 Å². The number of hydrogen-bond acceptors (Lipinski definition) is 2. The largest absolute Gasteiger partial charge is 0.285 e. The minimum atomic E-state index is -3.81. The summed E-state index contributed by atoms with van der Waals surface area (Å²) in [5.41, 5.74) is 0. The Kier molecular flexibility index (Phi) is 9.84. The normalized spacial score (nSPS) is 13.8. The molecule has 4 heteroatoms. The lowest BCUT2D eigenvalue weighted by molar-refractivity contribution is 0.461. The van der Waals surface area contributed by atoms with E-state index in [0.29, 0.717) is 6.42 Å². The molecule has 0 saturated heterocycles. The quantitative estimate of drug-likeness (QED) is 0.450. The minimum absolute atomic E-state index is 0.578. The van der Waals surface area contributed by atoms with Gasteiger partial charge in [0.15, 0.2) is 0 Å². The lowest BCUT2D eigenvalue weighted by Crippen LogP contribution is -2.16. The molecule has 1 N–H and O–H groups in total. The molecule has 1 unspecified atom stereocenters. The second-order valence-electron chi connectivity index (χ2n) is 4.94. The van der Waals surface area contributed by atoms with Gasteiger partial charge in [-0.05, 0) is 13.3 Å². The number of unbranched alkanes of at least 4 members (excludes halogenated alkanes) is 8. The first kappa shape index (κ1) is 16.9. The zero-order chi connectivity index (χ0) is 13.1. The van der Waals surface area contributed by atoms with Crippen LogP contribution in [0.5, 0.6) is 0 Å². The smallest absolute Gasteiger partial charge is 0.267 e. The van der Waals surface area contributed by atoms with Crippen molar-refractivity contribution in [3.63, 3.8) is 0 Å². The Morgan fingerprint density at radius 1 is 0.882 bits per heavy atom. The van der Waals surface area contributed by atoms with E-state index in [2.05, 4.69) is 6.92 Å². The maximum absolute atomic E-state index is 10.8. The summed E-state index contributed by atoms with van der Waals surface area (Å²) < 4.78 is 30.3. The van der Waals surface area contributed by atoms with Crippen LogP contribution in [0.2, 0.25) is 0 Å². The van der Waals surface area contributed by atoms with E-state index < -0.39 is 15.4 Å². The van der Waals surface area contributed by atoms with Crippen LogP contribution >= 0.6 is 0 Å². The predicted molar refractivity (Wildman–Crippen MR) is 72.9 cm³/mol. The molecule has 0 amide bonds. The van der Waals surface area contributed by atoms with Crippen molar-refractivity contribution in [3.05, 3.63) is 0 Å². The molecule has 3 nitrogen and oxygen atoms in total. The van der Waals surface area contributed by atoms with Gasteiger partial charge in [0.25, 0.3) is 10.1 Å². The Balaban J connectivity index is 3.24. The first-order chi connectivity index (χ1) is 7.98. The van der Waals surface area contributed by atoms with Gasteiger partial charge < -0.3 is 0 Å². The summed E-state index contributed by atoms with van der Waals surface area (Å²) in [6, 6.07) is 0. The molecule has 0 bridgehead atoms. The van der Waals surface area contributed by atoms with Crippen molar-refractivity contribution >= 4 is 10.1 Å².